The number of rotatable bonds is 17. The van der Waals surface area contributed by atoms with Crippen LogP contribution in [0.5, 0.6) is 0 Å². The highest BCUT2D eigenvalue weighted by Crippen LogP contribution is 2.30. The molecule has 3 unspecified atom stereocenters. The Hall–Kier alpha value is -6.44. The molecule has 6 fully saturated rings. The molecular weight excluding hydrogens is 1380 g/mol. The van der Waals surface area contributed by atoms with Gasteiger partial charge in [0.25, 0.3) is 20.2 Å². The molecule has 104 heavy (non-hydrogen) atoms. The summed E-state index contributed by atoms with van der Waals surface area (Å²) in [4.78, 5) is 0.197. The molecule has 13 rings (SSSR count). The van der Waals surface area contributed by atoms with Gasteiger partial charge in [0.15, 0.2) is 0 Å². The second-order valence-electron chi connectivity index (χ2n) is 34.1. The molecular formula is C70H118N18O14S2. The van der Waals surface area contributed by atoms with Crippen molar-refractivity contribution in [2.24, 2.45) is 0 Å². The van der Waals surface area contributed by atoms with E-state index in [1.54, 1.807) is 65.8 Å². The summed E-state index contributed by atoms with van der Waals surface area (Å²) < 4.78 is 107. The Kier molecular flexibility index (Phi) is 29.5. The summed E-state index contributed by atoms with van der Waals surface area (Å²) in [5.74, 6) is 0. The Bertz CT molecular complexity index is 3750. The third-order valence-corrected chi connectivity index (χ3v) is 16.7. The van der Waals surface area contributed by atoms with E-state index in [0.29, 0.717) is 50.8 Å². The maximum Gasteiger partial charge on any atom is 0.297 e. The van der Waals surface area contributed by atoms with Gasteiger partial charge in [0.1, 0.15) is 47.2 Å². The Balaban J connectivity index is 0.000000187. The lowest BCUT2D eigenvalue weighted by Gasteiger charge is -2.18. The van der Waals surface area contributed by atoms with Crippen molar-refractivity contribution < 1.29 is 63.1 Å². The van der Waals surface area contributed by atoms with Crippen LogP contribution in [0.15, 0.2) is 66.3 Å². The summed E-state index contributed by atoms with van der Waals surface area (Å²) in [5, 5.41) is 48.7. The van der Waals surface area contributed by atoms with Gasteiger partial charge < -0.3 is 37.9 Å². The van der Waals surface area contributed by atoms with Crippen LogP contribution in [-0.2, 0) is 126 Å². The van der Waals surface area contributed by atoms with Crippen molar-refractivity contribution in [3.63, 3.8) is 0 Å². The molecule has 6 atom stereocenters. The number of aromatic nitrogens is 18. The average molecular weight is 1500 g/mol. The molecule has 32 nitrogen and oxygen atoms in total. The Morgan fingerprint density at radius 3 is 0.875 bits per heavy atom. The van der Waals surface area contributed by atoms with Crippen molar-refractivity contribution in [3.05, 3.63) is 101 Å². The smallest absolute Gasteiger partial charge is 0.297 e. The molecule has 0 amide bonds. The summed E-state index contributed by atoms with van der Waals surface area (Å²) in [6.07, 6.45) is 16.4. The van der Waals surface area contributed by atoms with Crippen molar-refractivity contribution in [2.75, 3.05) is 59.1 Å². The molecule has 6 aromatic heterocycles. The zero-order valence-corrected chi connectivity index (χ0v) is 67.9. The van der Waals surface area contributed by atoms with E-state index in [-0.39, 0.29) is 50.3 Å². The zero-order valence-electron chi connectivity index (χ0n) is 66.3. The van der Waals surface area contributed by atoms with Crippen LogP contribution in [-0.4, -0.2) is 202 Å². The van der Waals surface area contributed by atoms with Crippen LogP contribution in [0, 0.1) is 6.92 Å². The van der Waals surface area contributed by atoms with Gasteiger partial charge >= 0.3 is 0 Å². The number of aryl methyl sites for hydroxylation is 1. The second-order valence-corrected chi connectivity index (χ2v) is 37.2. The third-order valence-electron chi connectivity index (χ3n) is 14.3. The van der Waals surface area contributed by atoms with E-state index in [0.717, 1.165) is 98.5 Å². The summed E-state index contributed by atoms with van der Waals surface area (Å²) in [7, 11) is -6.92. The fraction of sp³-hybridized carbons (Fsp3) is 0.743. The molecule has 6 saturated heterocycles. The molecule has 34 heteroatoms. The Labute approximate surface area is 615 Å². The predicted molar refractivity (Wildman–Crippen MR) is 388 cm³/mol. The molecule has 0 spiro atoms. The fourth-order valence-corrected chi connectivity index (χ4v) is 10.2. The first-order valence-electron chi connectivity index (χ1n) is 35.1. The molecule has 0 bridgehead atoms. The largest absolute Gasteiger partial charge is 0.373 e. The third kappa shape index (κ3) is 34.4. The molecule has 6 aliphatic heterocycles. The van der Waals surface area contributed by atoms with E-state index >= 15 is 0 Å². The van der Waals surface area contributed by atoms with Crippen LogP contribution in [0.1, 0.15) is 218 Å². The van der Waals surface area contributed by atoms with Gasteiger partial charge in [0.2, 0.25) is 0 Å². The SMILES string of the molecule is CC(C)(C)OS(C)(=O)=O.CC(C)(C)n1cc(C2CO2)nn1.CC(C)(C)n1cc(CC2CO2)nn1.CC(C)(C)n1cc(COCC2CO2)nn1.CC(C)(C)n1cc(COC[C@H]2CO2)nn1.CC(C)(C)n1cc(C[C@H]2CO2)nn1.CC(C)(C)n1cc([C@H]2CO2)nn1.Cc1ccc(S(=O)(=O)OC(C)(C)C)cc1. The number of hydrogen-bond acceptors (Lipinski definition) is 26. The first kappa shape index (κ1) is 86.5. The highest BCUT2D eigenvalue weighted by molar-refractivity contribution is 7.86. The van der Waals surface area contributed by atoms with Gasteiger partial charge in [0, 0.05) is 25.2 Å². The van der Waals surface area contributed by atoms with Crippen molar-refractivity contribution >= 4 is 20.2 Å². The maximum atomic E-state index is 11.7. The van der Waals surface area contributed by atoms with Gasteiger partial charge in [-0.25, -0.2) is 28.1 Å². The van der Waals surface area contributed by atoms with Crippen LogP contribution in [0.3, 0.4) is 0 Å². The quantitative estimate of drug-likeness (QED) is 0.0605. The van der Waals surface area contributed by atoms with E-state index < -0.39 is 31.4 Å². The minimum absolute atomic E-state index is 0.0140. The maximum absolute atomic E-state index is 11.7. The summed E-state index contributed by atoms with van der Waals surface area (Å²) >= 11 is 0. The van der Waals surface area contributed by atoms with Crippen LogP contribution in [0.4, 0.5) is 0 Å². The lowest BCUT2D eigenvalue weighted by Crippen LogP contribution is -2.24. The Morgan fingerprint density at radius 1 is 0.375 bits per heavy atom. The van der Waals surface area contributed by atoms with E-state index in [9.17, 15) is 16.8 Å². The standard InChI is InChI=1S/C11H16O3S.2C10H17N3O2.2C9H15N3O.2C8H13N3O.C5H12O3S/c1-9-5-7-10(8-6-9)15(12,13)14-11(2,3)4;2*1-10(2,3)13-4-8(11-12-13)5-14-6-9-7-15-9;2*1-9(2,3)12-5-7(10-11-12)4-8-6-13-8;2*1-8(2,3)11-4-6(9-10-11)7-5-12-7;1-5(2,3)8-9(4,6)7/h5-8H,1-4H3;2*4,9H,5-7H2,1-3H3;2*5,8H,4,6H2,1-3H3;2*4,7H,5H2,1-3H3;1-4H3/t;9-;;8-;;7-;;/m.0.0.1../s1. The lowest BCUT2D eigenvalue weighted by molar-refractivity contribution is 0.102. The van der Waals surface area contributed by atoms with Gasteiger partial charge in [-0.3, -0.25) is 8.37 Å². The monoisotopic (exact) mass is 1500 g/mol. The van der Waals surface area contributed by atoms with Gasteiger partial charge in [-0.2, -0.15) is 16.8 Å². The van der Waals surface area contributed by atoms with E-state index in [1.165, 1.54) is 0 Å². The highest BCUT2D eigenvalue weighted by atomic mass is 32.2. The fourth-order valence-electron chi connectivity index (χ4n) is 8.06. The molecule has 0 aliphatic carbocycles. The zero-order chi connectivity index (χ0) is 77.7. The van der Waals surface area contributed by atoms with Crippen molar-refractivity contribution in [1.29, 1.82) is 0 Å². The minimum Gasteiger partial charge on any atom is -0.373 e. The van der Waals surface area contributed by atoms with Gasteiger partial charge in [0.05, 0.1) is 170 Å². The van der Waals surface area contributed by atoms with Gasteiger partial charge in [-0.15, -0.1) is 30.6 Å². The van der Waals surface area contributed by atoms with Crippen LogP contribution < -0.4 is 0 Å². The van der Waals surface area contributed by atoms with Gasteiger partial charge in [-0.05, 0) is 185 Å². The van der Waals surface area contributed by atoms with Crippen LogP contribution in [0.25, 0.3) is 0 Å². The van der Waals surface area contributed by atoms with Crippen molar-refractivity contribution in [3.8, 4) is 0 Å². The first-order valence-corrected chi connectivity index (χ1v) is 38.3. The number of ether oxygens (including phenoxy) is 8. The summed E-state index contributed by atoms with van der Waals surface area (Å²) in [6, 6.07) is 6.60. The molecule has 584 valence electrons. The van der Waals surface area contributed by atoms with E-state index in [1.807, 2.05) is 72.2 Å². The average Bonchev–Trinajstić information content (AvgIpc) is 1.35. The lowest BCUT2D eigenvalue weighted by atomic mass is 10.1. The van der Waals surface area contributed by atoms with E-state index in [2.05, 4.69) is 191 Å². The highest BCUT2D eigenvalue weighted by Gasteiger charge is 2.32. The van der Waals surface area contributed by atoms with Crippen molar-refractivity contribution in [1.82, 2.24) is 90.0 Å². The molecule has 0 radical (unpaired) electrons. The number of hydrogen-bond donors (Lipinski definition) is 0. The van der Waals surface area contributed by atoms with Crippen molar-refractivity contribution in [2.45, 2.75) is 285 Å². The van der Waals surface area contributed by atoms with Crippen LogP contribution in [0.2, 0.25) is 0 Å². The van der Waals surface area contributed by atoms with Gasteiger partial charge in [-0.1, -0.05) is 49.0 Å². The van der Waals surface area contributed by atoms with Crippen LogP contribution >= 0.6 is 0 Å². The molecule has 7 aromatic rings. The summed E-state index contributed by atoms with van der Waals surface area (Å²) in [6.45, 7) is 57.2. The molecule has 0 N–H and O–H groups in total. The molecule has 0 saturated carbocycles. The molecule has 6 aliphatic rings. The topological polar surface area (TPSA) is 365 Å². The predicted octanol–water partition coefficient (Wildman–Crippen LogP) is 9.31. The number of nitrogens with zero attached hydrogens (tertiary/aromatic N) is 18. The number of epoxide rings is 6. The first-order chi connectivity index (χ1) is 47.8. The number of benzene rings is 1. The Morgan fingerprint density at radius 2 is 0.644 bits per heavy atom. The van der Waals surface area contributed by atoms with E-state index in [4.69, 9.17) is 42.1 Å². The second kappa shape index (κ2) is 35.5. The molecule has 1 aromatic carbocycles. The minimum atomic E-state index is -3.63. The summed E-state index contributed by atoms with van der Waals surface area (Å²) in [5.41, 5.74) is 5.42. The molecule has 12 heterocycles. The normalized spacial score (nSPS) is 19.7.